The molecule has 2 aromatic rings. The first kappa shape index (κ1) is 20.9. The molecule has 2 amide bonds. The summed E-state index contributed by atoms with van der Waals surface area (Å²) in [5.41, 5.74) is 3.96. The number of benzene rings is 2. The van der Waals surface area contributed by atoms with E-state index in [2.05, 4.69) is 10.9 Å². The Balaban J connectivity index is 1.64. The Morgan fingerprint density at radius 3 is 2.41 bits per heavy atom. The number of phenols is 1. The number of para-hydroxylation sites is 1. The van der Waals surface area contributed by atoms with Gasteiger partial charge in [-0.25, -0.2) is 8.70 Å². The maximum absolute atomic E-state index is 14.1. The van der Waals surface area contributed by atoms with Crippen LogP contribution in [0.15, 0.2) is 42.5 Å². The first-order valence-electron chi connectivity index (χ1n) is 8.63. The van der Waals surface area contributed by atoms with Gasteiger partial charge in [0.05, 0.1) is 42.2 Å². The van der Waals surface area contributed by atoms with Gasteiger partial charge < -0.3 is 9.84 Å². The van der Waals surface area contributed by atoms with Crippen molar-refractivity contribution in [3.05, 3.63) is 59.4 Å². The molecule has 11 heteroatoms. The molecule has 0 saturated carbocycles. The summed E-state index contributed by atoms with van der Waals surface area (Å²) in [5.74, 6) is -2.77. The smallest absolute Gasteiger partial charge is 0.273 e. The fourth-order valence-corrected chi connectivity index (χ4v) is 3.24. The van der Waals surface area contributed by atoms with Gasteiger partial charge in [0.15, 0.2) is 0 Å². The molecule has 4 N–H and O–H groups in total. The van der Waals surface area contributed by atoms with Crippen LogP contribution in [0.2, 0.25) is 0 Å². The number of hydrazine groups is 1. The highest BCUT2D eigenvalue weighted by Gasteiger charge is 2.19. The maximum atomic E-state index is 14.1. The SMILES string of the molecule is O=C(NNC(=O)c1cc(N(O)SN2CCOCC2)ccc1F)c1ccccc1O. The monoisotopic (exact) mass is 422 g/mol. The Morgan fingerprint density at radius 1 is 1.07 bits per heavy atom. The van der Waals surface area contributed by atoms with Crippen molar-refractivity contribution in [2.24, 2.45) is 0 Å². The van der Waals surface area contributed by atoms with Crippen molar-refractivity contribution in [3.8, 4) is 5.75 Å². The molecule has 1 fully saturated rings. The van der Waals surface area contributed by atoms with Gasteiger partial charge in [0, 0.05) is 13.1 Å². The van der Waals surface area contributed by atoms with E-state index >= 15 is 0 Å². The van der Waals surface area contributed by atoms with Crippen molar-refractivity contribution in [1.29, 1.82) is 0 Å². The predicted molar refractivity (Wildman–Crippen MR) is 104 cm³/mol. The summed E-state index contributed by atoms with van der Waals surface area (Å²) < 4.78 is 22.0. The fourth-order valence-electron chi connectivity index (χ4n) is 2.50. The number of anilines is 1. The summed E-state index contributed by atoms with van der Waals surface area (Å²) in [6.07, 6.45) is 0. The molecule has 1 aliphatic rings. The van der Waals surface area contributed by atoms with Crippen LogP contribution in [0, 0.1) is 5.82 Å². The van der Waals surface area contributed by atoms with Gasteiger partial charge in [-0.2, -0.15) is 4.47 Å². The van der Waals surface area contributed by atoms with Crippen LogP contribution in [0.4, 0.5) is 10.1 Å². The summed E-state index contributed by atoms with van der Waals surface area (Å²) >= 11 is 1.01. The van der Waals surface area contributed by atoms with Crippen LogP contribution in [0.1, 0.15) is 20.7 Å². The van der Waals surface area contributed by atoms with Crippen molar-refractivity contribution in [3.63, 3.8) is 0 Å². The number of carbonyl (C=O) groups is 2. The number of amides is 2. The number of morpholine rings is 1. The number of phenolic OH excluding ortho intramolecular Hbond substituents is 1. The number of carbonyl (C=O) groups excluding carboxylic acids is 2. The Morgan fingerprint density at radius 2 is 1.72 bits per heavy atom. The summed E-state index contributed by atoms with van der Waals surface area (Å²) in [6.45, 7) is 2.28. The third-order valence-electron chi connectivity index (χ3n) is 4.02. The van der Waals surface area contributed by atoms with Crippen molar-refractivity contribution in [2.75, 3.05) is 30.8 Å². The predicted octanol–water partition coefficient (Wildman–Crippen LogP) is 1.70. The van der Waals surface area contributed by atoms with Gasteiger partial charge in [-0.3, -0.25) is 25.6 Å². The molecule has 0 bridgehead atoms. The number of nitrogens with one attached hydrogen (secondary N) is 2. The zero-order chi connectivity index (χ0) is 20.8. The molecule has 0 aromatic heterocycles. The zero-order valence-electron chi connectivity index (χ0n) is 15.2. The average Bonchev–Trinajstić information content (AvgIpc) is 2.73. The van der Waals surface area contributed by atoms with Crippen molar-refractivity contribution in [2.45, 2.75) is 0 Å². The van der Waals surface area contributed by atoms with Crippen LogP contribution in [0.25, 0.3) is 0 Å². The van der Waals surface area contributed by atoms with Crippen LogP contribution in [-0.4, -0.2) is 52.7 Å². The molecule has 1 saturated heterocycles. The lowest BCUT2D eigenvalue weighted by atomic mass is 10.2. The van der Waals surface area contributed by atoms with Crippen LogP contribution in [0.5, 0.6) is 5.75 Å². The Bertz CT molecular complexity index is 894. The number of hydrogen-bond acceptors (Lipinski definition) is 8. The lowest BCUT2D eigenvalue weighted by Gasteiger charge is -2.28. The van der Waals surface area contributed by atoms with Gasteiger partial charge in [-0.05, 0) is 30.3 Å². The van der Waals surface area contributed by atoms with Gasteiger partial charge >= 0.3 is 0 Å². The quantitative estimate of drug-likeness (QED) is 0.425. The van der Waals surface area contributed by atoms with Gasteiger partial charge in [0.2, 0.25) is 0 Å². The van der Waals surface area contributed by atoms with E-state index in [4.69, 9.17) is 4.74 Å². The minimum absolute atomic E-state index is 0.0505. The normalized spacial score (nSPS) is 14.3. The zero-order valence-corrected chi connectivity index (χ0v) is 16.0. The van der Waals surface area contributed by atoms with E-state index in [1.165, 1.54) is 18.2 Å². The highest BCUT2D eigenvalue weighted by molar-refractivity contribution is 7.98. The highest BCUT2D eigenvalue weighted by atomic mass is 32.2. The molecule has 0 aliphatic carbocycles. The van der Waals surface area contributed by atoms with E-state index in [1.54, 1.807) is 12.1 Å². The van der Waals surface area contributed by atoms with Gasteiger partial charge in [0.1, 0.15) is 11.6 Å². The standard InChI is InChI=1S/C18H19FN4O5S/c19-15-6-5-12(23(27)29-22-7-9-28-10-8-22)11-14(15)18(26)21-20-17(25)13-3-1-2-4-16(13)24/h1-6,11,24,27H,7-10H2,(H,20,25)(H,21,26). The molecule has 154 valence electrons. The topological polar surface area (TPSA) is 114 Å². The lowest BCUT2D eigenvalue weighted by Crippen LogP contribution is -2.42. The molecule has 1 heterocycles. The van der Waals surface area contributed by atoms with E-state index in [-0.39, 0.29) is 22.6 Å². The van der Waals surface area contributed by atoms with Crippen LogP contribution in [-0.2, 0) is 4.74 Å². The van der Waals surface area contributed by atoms with Crippen LogP contribution < -0.4 is 15.3 Å². The molecule has 9 nitrogen and oxygen atoms in total. The summed E-state index contributed by atoms with van der Waals surface area (Å²) in [6, 6.07) is 9.29. The van der Waals surface area contributed by atoms with Crippen molar-refractivity contribution >= 4 is 29.6 Å². The molecule has 0 atom stereocenters. The van der Waals surface area contributed by atoms with E-state index < -0.39 is 17.6 Å². The van der Waals surface area contributed by atoms with E-state index in [9.17, 15) is 24.3 Å². The molecule has 29 heavy (non-hydrogen) atoms. The number of aromatic hydroxyl groups is 1. The number of rotatable bonds is 5. The second-order valence-corrected chi connectivity index (χ2v) is 7.01. The number of nitrogens with zero attached hydrogens (tertiary/aromatic N) is 2. The largest absolute Gasteiger partial charge is 0.507 e. The van der Waals surface area contributed by atoms with Gasteiger partial charge in [-0.1, -0.05) is 12.1 Å². The third kappa shape index (κ3) is 5.35. The summed E-state index contributed by atoms with van der Waals surface area (Å²) in [4.78, 5) is 24.3. The molecule has 0 spiro atoms. The molecule has 2 aromatic carbocycles. The summed E-state index contributed by atoms with van der Waals surface area (Å²) in [7, 11) is 0. The van der Waals surface area contributed by atoms with Gasteiger partial charge in [-0.15, -0.1) is 0 Å². The van der Waals surface area contributed by atoms with Crippen molar-refractivity contribution in [1.82, 2.24) is 15.2 Å². The van der Waals surface area contributed by atoms with E-state index in [1.807, 2.05) is 4.31 Å². The molecule has 0 radical (unpaired) electrons. The van der Waals surface area contributed by atoms with Crippen molar-refractivity contribution < 1.29 is 29.0 Å². The maximum Gasteiger partial charge on any atom is 0.273 e. The number of ether oxygens (including phenoxy) is 1. The Kier molecular flexibility index (Phi) is 6.88. The highest BCUT2D eigenvalue weighted by Crippen LogP contribution is 2.26. The third-order valence-corrected chi connectivity index (χ3v) is 4.98. The van der Waals surface area contributed by atoms with Crippen LogP contribution >= 0.6 is 12.1 Å². The Labute approximate surface area is 170 Å². The minimum Gasteiger partial charge on any atom is -0.507 e. The Hall–Kier alpha value is -2.86. The molecular weight excluding hydrogens is 403 g/mol. The summed E-state index contributed by atoms with van der Waals surface area (Å²) in [5, 5.41) is 19.9. The minimum atomic E-state index is -0.919. The number of halogens is 1. The first-order chi connectivity index (χ1) is 14.0. The van der Waals surface area contributed by atoms with E-state index in [0.29, 0.717) is 26.3 Å². The lowest BCUT2D eigenvalue weighted by molar-refractivity contribution is 0.0764. The molecule has 1 aliphatic heterocycles. The van der Waals surface area contributed by atoms with Gasteiger partial charge in [0.25, 0.3) is 11.8 Å². The fraction of sp³-hybridized carbons (Fsp3) is 0.222. The van der Waals surface area contributed by atoms with Crippen LogP contribution in [0.3, 0.4) is 0 Å². The molecule has 0 unspecified atom stereocenters. The second kappa shape index (κ2) is 9.56. The molecular formula is C18H19FN4O5S. The first-order valence-corrected chi connectivity index (χ1v) is 9.37. The van der Waals surface area contributed by atoms with E-state index in [0.717, 1.165) is 28.7 Å². The second-order valence-electron chi connectivity index (χ2n) is 5.99. The average molecular weight is 422 g/mol. The molecule has 3 rings (SSSR count). The number of hydrogen-bond donors (Lipinski definition) is 4.